The maximum absolute atomic E-state index is 12.4. The van der Waals surface area contributed by atoms with Crippen LogP contribution in [-0.2, 0) is 14.3 Å². The predicted molar refractivity (Wildman–Crippen MR) is 100 cm³/mol. The summed E-state index contributed by atoms with van der Waals surface area (Å²) in [6.45, 7) is 5.63. The summed E-state index contributed by atoms with van der Waals surface area (Å²) in [5.41, 5.74) is 1.10. The highest BCUT2D eigenvalue weighted by atomic mass is 16.5. The number of ether oxygens (including phenoxy) is 2. The first kappa shape index (κ1) is 20.2. The van der Waals surface area contributed by atoms with E-state index in [9.17, 15) is 9.59 Å². The molecular weight excluding hydrogens is 332 g/mol. The molecule has 0 saturated carbocycles. The molecule has 0 N–H and O–H groups in total. The summed E-state index contributed by atoms with van der Waals surface area (Å²) >= 11 is 0. The molecule has 144 valence electrons. The molecule has 1 aromatic rings. The maximum Gasteiger partial charge on any atom is 0.224 e. The van der Waals surface area contributed by atoms with E-state index in [1.165, 1.54) is 0 Å². The third-order valence-electron chi connectivity index (χ3n) is 4.61. The number of carbonyl (C=O) groups is 2. The Labute approximate surface area is 156 Å². The van der Waals surface area contributed by atoms with Gasteiger partial charge in [0.25, 0.3) is 0 Å². The standard InChI is InChI=1S/C20H30N2O4/c1-17-7-3-4-8-18(17)26-15-5-9-19(23)21-11-6-12-22(14-13-21)20(24)10-16-25-2/h3-4,7-8H,5-6,9-16H2,1-2H3. The number of carbonyl (C=O) groups excluding carboxylic acids is 2. The molecule has 0 atom stereocenters. The van der Waals surface area contributed by atoms with Gasteiger partial charge in [-0.3, -0.25) is 9.59 Å². The zero-order chi connectivity index (χ0) is 18.8. The molecule has 6 nitrogen and oxygen atoms in total. The quantitative estimate of drug-likeness (QED) is 0.666. The summed E-state index contributed by atoms with van der Waals surface area (Å²) in [6, 6.07) is 7.89. The van der Waals surface area contributed by atoms with Gasteiger partial charge in [0.05, 0.1) is 19.6 Å². The summed E-state index contributed by atoms with van der Waals surface area (Å²) in [4.78, 5) is 28.2. The van der Waals surface area contributed by atoms with Crippen molar-refractivity contribution in [3.05, 3.63) is 29.8 Å². The van der Waals surface area contributed by atoms with E-state index >= 15 is 0 Å². The van der Waals surface area contributed by atoms with Gasteiger partial charge in [0, 0.05) is 39.7 Å². The van der Waals surface area contributed by atoms with Crippen LogP contribution >= 0.6 is 0 Å². The van der Waals surface area contributed by atoms with Crippen molar-refractivity contribution in [1.29, 1.82) is 0 Å². The van der Waals surface area contributed by atoms with Crippen LogP contribution in [0.2, 0.25) is 0 Å². The molecule has 0 aromatic heterocycles. The zero-order valence-electron chi connectivity index (χ0n) is 15.9. The Bertz CT molecular complexity index is 591. The number of benzene rings is 1. The summed E-state index contributed by atoms with van der Waals surface area (Å²) in [5.74, 6) is 1.12. The van der Waals surface area contributed by atoms with Crippen LogP contribution < -0.4 is 4.74 Å². The number of hydrogen-bond acceptors (Lipinski definition) is 4. The van der Waals surface area contributed by atoms with Crippen LogP contribution in [0.25, 0.3) is 0 Å². The lowest BCUT2D eigenvalue weighted by molar-refractivity contribution is -0.134. The van der Waals surface area contributed by atoms with Gasteiger partial charge >= 0.3 is 0 Å². The van der Waals surface area contributed by atoms with Crippen LogP contribution in [0.4, 0.5) is 0 Å². The molecule has 6 heteroatoms. The Morgan fingerprint density at radius 2 is 1.62 bits per heavy atom. The van der Waals surface area contributed by atoms with Gasteiger partial charge in [-0.15, -0.1) is 0 Å². The lowest BCUT2D eigenvalue weighted by Gasteiger charge is -2.22. The van der Waals surface area contributed by atoms with E-state index in [-0.39, 0.29) is 11.8 Å². The lowest BCUT2D eigenvalue weighted by atomic mass is 10.2. The fourth-order valence-electron chi connectivity index (χ4n) is 3.05. The van der Waals surface area contributed by atoms with Crippen molar-refractivity contribution in [1.82, 2.24) is 9.80 Å². The molecule has 1 aliphatic heterocycles. The number of rotatable bonds is 8. The van der Waals surface area contributed by atoms with Gasteiger partial charge in [0.15, 0.2) is 0 Å². The minimum Gasteiger partial charge on any atom is -0.493 e. The summed E-state index contributed by atoms with van der Waals surface area (Å²) < 4.78 is 10.7. The van der Waals surface area contributed by atoms with Crippen LogP contribution in [0.1, 0.15) is 31.2 Å². The van der Waals surface area contributed by atoms with Crippen LogP contribution in [0.15, 0.2) is 24.3 Å². The average Bonchev–Trinajstić information content (AvgIpc) is 2.90. The first-order valence-corrected chi connectivity index (χ1v) is 9.34. The van der Waals surface area contributed by atoms with Gasteiger partial charge in [-0.1, -0.05) is 18.2 Å². The normalized spacial score (nSPS) is 14.8. The smallest absolute Gasteiger partial charge is 0.224 e. The van der Waals surface area contributed by atoms with E-state index < -0.39 is 0 Å². The number of methoxy groups -OCH3 is 1. The van der Waals surface area contributed by atoms with Crippen molar-refractivity contribution >= 4 is 11.8 Å². The Balaban J connectivity index is 1.69. The number of amides is 2. The first-order valence-electron chi connectivity index (χ1n) is 9.34. The molecule has 0 radical (unpaired) electrons. The largest absolute Gasteiger partial charge is 0.493 e. The fourth-order valence-corrected chi connectivity index (χ4v) is 3.05. The van der Waals surface area contributed by atoms with E-state index in [4.69, 9.17) is 9.47 Å². The Morgan fingerprint density at radius 1 is 0.962 bits per heavy atom. The van der Waals surface area contributed by atoms with Gasteiger partial charge in [-0.2, -0.15) is 0 Å². The Kier molecular flexibility index (Phi) is 8.41. The van der Waals surface area contributed by atoms with Gasteiger partial charge in [-0.25, -0.2) is 0 Å². The molecule has 1 heterocycles. The molecular formula is C20H30N2O4. The van der Waals surface area contributed by atoms with Crippen molar-refractivity contribution in [3.63, 3.8) is 0 Å². The second kappa shape index (κ2) is 10.8. The highest BCUT2D eigenvalue weighted by Crippen LogP contribution is 2.16. The van der Waals surface area contributed by atoms with Crippen molar-refractivity contribution < 1.29 is 19.1 Å². The van der Waals surface area contributed by atoms with Crippen molar-refractivity contribution in [3.8, 4) is 5.75 Å². The Morgan fingerprint density at radius 3 is 2.27 bits per heavy atom. The molecule has 1 saturated heterocycles. The number of aryl methyl sites for hydroxylation is 1. The van der Waals surface area contributed by atoms with Crippen molar-refractivity contribution in [2.45, 2.75) is 32.6 Å². The third-order valence-corrected chi connectivity index (χ3v) is 4.61. The number of para-hydroxylation sites is 1. The monoisotopic (exact) mass is 362 g/mol. The van der Waals surface area contributed by atoms with Crippen LogP contribution in [0.3, 0.4) is 0 Å². The zero-order valence-corrected chi connectivity index (χ0v) is 15.9. The minimum atomic E-state index is 0.104. The molecule has 0 unspecified atom stereocenters. The first-order chi connectivity index (χ1) is 12.6. The highest BCUT2D eigenvalue weighted by Gasteiger charge is 2.21. The van der Waals surface area contributed by atoms with Gasteiger partial charge in [0.2, 0.25) is 11.8 Å². The predicted octanol–water partition coefficient (Wildman–Crippen LogP) is 2.25. The SMILES string of the molecule is COCCC(=O)N1CCCN(C(=O)CCCOc2ccccc2C)CC1. The van der Waals surface area contributed by atoms with Crippen LogP contribution in [0, 0.1) is 6.92 Å². The molecule has 0 aliphatic carbocycles. The second-order valence-electron chi connectivity index (χ2n) is 6.58. The topological polar surface area (TPSA) is 59.1 Å². The fraction of sp³-hybridized carbons (Fsp3) is 0.600. The Hall–Kier alpha value is -2.08. The molecule has 1 fully saturated rings. The van der Waals surface area contributed by atoms with Gasteiger partial charge in [0.1, 0.15) is 5.75 Å². The highest BCUT2D eigenvalue weighted by molar-refractivity contribution is 5.77. The summed E-state index contributed by atoms with van der Waals surface area (Å²) in [7, 11) is 1.60. The molecule has 0 spiro atoms. The van der Waals surface area contributed by atoms with E-state index in [2.05, 4.69) is 0 Å². The van der Waals surface area contributed by atoms with E-state index in [1.807, 2.05) is 41.0 Å². The molecule has 2 amide bonds. The number of hydrogen-bond donors (Lipinski definition) is 0. The van der Waals surface area contributed by atoms with Crippen molar-refractivity contribution in [2.24, 2.45) is 0 Å². The molecule has 26 heavy (non-hydrogen) atoms. The average molecular weight is 362 g/mol. The molecule has 1 aliphatic rings. The number of nitrogens with zero attached hydrogens (tertiary/aromatic N) is 2. The minimum absolute atomic E-state index is 0.104. The molecule has 0 bridgehead atoms. The maximum atomic E-state index is 12.4. The third kappa shape index (κ3) is 6.33. The van der Waals surface area contributed by atoms with E-state index in [0.717, 1.165) is 17.7 Å². The van der Waals surface area contributed by atoms with Gasteiger partial charge < -0.3 is 19.3 Å². The van der Waals surface area contributed by atoms with Gasteiger partial charge in [-0.05, 0) is 31.4 Å². The molecule has 2 rings (SSSR count). The summed E-state index contributed by atoms with van der Waals surface area (Å²) in [6.07, 6.45) is 2.40. The van der Waals surface area contributed by atoms with E-state index in [1.54, 1.807) is 7.11 Å². The van der Waals surface area contributed by atoms with Crippen LogP contribution in [-0.4, -0.2) is 68.1 Å². The second-order valence-corrected chi connectivity index (χ2v) is 6.58. The lowest BCUT2D eigenvalue weighted by Crippen LogP contribution is -2.37. The van der Waals surface area contributed by atoms with E-state index in [0.29, 0.717) is 58.7 Å². The molecule has 1 aromatic carbocycles. The summed E-state index contributed by atoms with van der Waals surface area (Å²) in [5, 5.41) is 0. The van der Waals surface area contributed by atoms with Crippen molar-refractivity contribution in [2.75, 3.05) is 46.5 Å². The van der Waals surface area contributed by atoms with Crippen LogP contribution in [0.5, 0.6) is 5.75 Å².